The van der Waals surface area contributed by atoms with Crippen molar-refractivity contribution >= 4 is 27.3 Å². The van der Waals surface area contributed by atoms with Crippen molar-refractivity contribution in [1.29, 1.82) is 0 Å². The molecule has 30 heavy (non-hydrogen) atoms. The fourth-order valence-electron chi connectivity index (χ4n) is 3.31. The van der Waals surface area contributed by atoms with Crippen molar-refractivity contribution in [2.45, 2.75) is 23.6 Å². The first-order chi connectivity index (χ1) is 14.4. The molecule has 3 aromatic heterocycles. The second-order valence-electron chi connectivity index (χ2n) is 6.92. The van der Waals surface area contributed by atoms with E-state index in [0.29, 0.717) is 35.7 Å². The van der Waals surface area contributed by atoms with Gasteiger partial charge in [-0.3, -0.25) is 9.59 Å². The monoisotopic (exact) mass is 448 g/mol. The minimum Gasteiger partial charge on any atom is -0.467 e. The van der Waals surface area contributed by atoms with Crippen LogP contribution in [-0.4, -0.2) is 41.9 Å². The Kier molecular flexibility index (Phi) is 5.84. The lowest BCUT2D eigenvalue weighted by Crippen LogP contribution is -2.45. The van der Waals surface area contributed by atoms with Gasteiger partial charge in [0.2, 0.25) is 5.91 Å². The molecule has 0 saturated carbocycles. The maximum Gasteiger partial charge on any atom is 0.264 e. The van der Waals surface area contributed by atoms with Gasteiger partial charge < -0.3 is 9.73 Å². The van der Waals surface area contributed by atoms with Crippen LogP contribution in [0.15, 0.2) is 56.1 Å². The lowest BCUT2D eigenvalue weighted by atomic mass is 9.99. The van der Waals surface area contributed by atoms with Gasteiger partial charge in [0, 0.05) is 19.2 Å². The van der Waals surface area contributed by atoms with Crippen LogP contribution in [0.3, 0.4) is 0 Å². The van der Waals surface area contributed by atoms with Gasteiger partial charge in [-0.1, -0.05) is 0 Å². The zero-order valence-corrected chi connectivity index (χ0v) is 17.5. The van der Waals surface area contributed by atoms with Gasteiger partial charge in [-0.25, -0.2) is 13.5 Å². The number of hydrogen-bond donors (Lipinski definition) is 2. The Morgan fingerprint density at radius 3 is 2.90 bits per heavy atom. The molecule has 1 saturated heterocycles. The first-order valence-corrected chi connectivity index (χ1v) is 11.7. The Hall–Kier alpha value is -2.76. The van der Waals surface area contributed by atoms with E-state index in [1.54, 1.807) is 24.3 Å². The van der Waals surface area contributed by atoms with Gasteiger partial charge in [0.1, 0.15) is 15.7 Å². The highest BCUT2D eigenvalue weighted by Gasteiger charge is 2.34. The fourth-order valence-corrected chi connectivity index (χ4v) is 6.27. The SMILES string of the molecule is O=C(NCc1ccco1)[C@H]1CCCN(S(=O)(=O)c2ccc(-c3ccc(=O)[nH]n3)s2)C1. The normalized spacial score (nSPS) is 17.7. The lowest BCUT2D eigenvalue weighted by molar-refractivity contribution is -0.126. The Morgan fingerprint density at radius 2 is 2.17 bits per heavy atom. The summed E-state index contributed by atoms with van der Waals surface area (Å²) in [6.45, 7) is 0.778. The van der Waals surface area contributed by atoms with Crippen molar-refractivity contribution in [3.8, 4) is 10.6 Å². The molecule has 1 fully saturated rings. The summed E-state index contributed by atoms with van der Waals surface area (Å²) in [5.74, 6) is 0.0463. The van der Waals surface area contributed by atoms with Crippen molar-refractivity contribution in [2.24, 2.45) is 5.92 Å². The zero-order chi connectivity index (χ0) is 21.1. The van der Waals surface area contributed by atoms with Gasteiger partial charge in [-0.05, 0) is 43.2 Å². The van der Waals surface area contributed by atoms with Crippen LogP contribution in [0.5, 0.6) is 0 Å². The average Bonchev–Trinajstić information content (AvgIpc) is 3.45. The first-order valence-electron chi connectivity index (χ1n) is 9.40. The molecule has 1 aliphatic heterocycles. The summed E-state index contributed by atoms with van der Waals surface area (Å²) < 4.78 is 33.0. The molecule has 4 heterocycles. The second kappa shape index (κ2) is 8.54. The van der Waals surface area contributed by atoms with Crippen LogP contribution < -0.4 is 10.9 Å². The standard InChI is InChI=1S/C19H20N4O5S2/c24-17-7-5-15(21-22-17)16-6-8-18(29-16)30(26,27)23-9-1-3-13(12-23)19(25)20-11-14-4-2-10-28-14/h2,4-8,10,13H,1,3,9,11-12H2,(H,20,25)(H,22,24)/t13-/m0/s1. The van der Waals surface area contributed by atoms with Crippen molar-refractivity contribution in [3.63, 3.8) is 0 Å². The van der Waals surface area contributed by atoms with E-state index in [2.05, 4.69) is 15.5 Å². The average molecular weight is 449 g/mol. The third-order valence-corrected chi connectivity index (χ3v) is 8.32. The lowest BCUT2D eigenvalue weighted by Gasteiger charge is -2.30. The van der Waals surface area contributed by atoms with Crippen LogP contribution in [0.1, 0.15) is 18.6 Å². The molecule has 1 atom stereocenters. The molecule has 9 nitrogen and oxygen atoms in total. The van der Waals surface area contributed by atoms with Crippen molar-refractivity contribution in [1.82, 2.24) is 19.8 Å². The zero-order valence-electron chi connectivity index (χ0n) is 15.9. The van der Waals surface area contributed by atoms with Crippen LogP contribution in [-0.2, 0) is 21.4 Å². The molecule has 11 heteroatoms. The van der Waals surface area contributed by atoms with Gasteiger partial charge >= 0.3 is 0 Å². The summed E-state index contributed by atoms with van der Waals surface area (Å²) in [6.07, 6.45) is 2.78. The number of carbonyl (C=O) groups is 1. The number of sulfonamides is 1. The molecule has 0 radical (unpaired) electrons. The van der Waals surface area contributed by atoms with E-state index < -0.39 is 15.9 Å². The molecule has 0 spiro atoms. The van der Waals surface area contributed by atoms with Gasteiger partial charge in [-0.2, -0.15) is 9.40 Å². The molecule has 0 aliphatic carbocycles. The highest BCUT2D eigenvalue weighted by atomic mass is 32.2. The van der Waals surface area contributed by atoms with Crippen molar-refractivity contribution in [3.05, 3.63) is 58.8 Å². The number of amides is 1. The fraction of sp³-hybridized carbons (Fsp3) is 0.316. The van der Waals surface area contributed by atoms with Crippen molar-refractivity contribution < 1.29 is 17.6 Å². The van der Waals surface area contributed by atoms with Crippen LogP contribution in [0.25, 0.3) is 10.6 Å². The number of H-pyrrole nitrogens is 1. The van der Waals surface area contributed by atoms with E-state index in [9.17, 15) is 18.0 Å². The molecule has 0 unspecified atom stereocenters. The van der Waals surface area contributed by atoms with Crippen LogP contribution >= 0.6 is 11.3 Å². The van der Waals surface area contributed by atoms with Gasteiger partial charge in [0.05, 0.1) is 23.6 Å². The van der Waals surface area contributed by atoms with E-state index in [1.807, 2.05) is 0 Å². The number of rotatable bonds is 6. The quantitative estimate of drug-likeness (QED) is 0.592. The Labute approximate surface area is 176 Å². The molecule has 1 aliphatic rings. The highest BCUT2D eigenvalue weighted by molar-refractivity contribution is 7.91. The Morgan fingerprint density at radius 1 is 1.30 bits per heavy atom. The third-order valence-electron chi connectivity index (χ3n) is 4.88. The first kappa shape index (κ1) is 20.5. The molecular weight excluding hydrogens is 428 g/mol. The maximum atomic E-state index is 13.1. The van der Waals surface area contributed by atoms with E-state index in [4.69, 9.17) is 4.42 Å². The van der Waals surface area contributed by atoms with Gasteiger partial charge in [0.25, 0.3) is 15.6 Å². The van der Waals surface area contributed by atoms with E-state index in [1.165, 1.54) is 22.7 Å². The number of hydrogen-bond acceptors (Lipinski definition) is 7. The number of piperidine rings is 1. The summed E-state index contributed by atoms with van der Waals surface area (Å²) in [5, 5.41) is 9.09. The molecule has 4 rings (SSSR count). The number of furan rings is 1. The number of carbonyl (C=O) groups excluding carboxylic acids is 1. The molecule has 2 N–H and O–H groups in total. The predicted molar refractivity (Wildman–Crippen MR) is 110 cm³/mol. The summed E-state index contributed by atoms with van der Waals surface area (Å²) >= 11 is 1.08. The molecule has 0 aromatic carbocycles. The van der Waals surface area contributed by atoms with E-state index in [0.717, 1.165) is 11.3 Å². The van der Waals surface area contributed by atoms with E-state index in [-0.39, 0.29) is 28.8 Å². The van der Waals surface area contributed by atoms with Gasteiger partial charge in [0.15, 0.2) is 0 Å². The minimum absolute atomic E-state index is 0.135. The number of nitrogens with one attached hydrogen (secondary N) is 2. The van der Waals surface area contributed by atoms with Crippen LogP contribution in [0.4, 0.5) is 0 Å². The summed E-state index contributed by atoms with van der Waals surface area (Å²) in [4.78, 5) is 24.3. The molecular formula is C19H20N4O5S2. The van der Waals surface area contributed by atoms with Crippen LogP contribution in [0.2, 0.25) is 0 Å². The summed E-state index contributed by atoms with van der Waals surface area (Å²) in [5.41, 5.74) is 0.169. The van der Waals surface area contributed by atoms with Crippen molar-refractivity contribution in [2.75, 3.05) is 13.1 Å². The second-order valence-corrected chi connectivity index (χ2v) is 10.2. The summed E-state index contributed by atoms with van der Waals surface area (Å²) in [7, 11) is -3.73. The molecule has 3 aromatic rings. The predicted octanol–water partition coefficient (Wildman–Crippen LogP) is 1.81. The topological polar surface area (TPSA) is 125 Å². The van der Waals surface area contributed by atoms with Gasteiger partial charge in [-0.15, -0.1) is 11.3 Å². The smallest absolute Gasteiger partial charge is 0.264 e. The van der Waals surface area contributed by atoms with Crippen LogP contribution in [0, 0.1) is 5.92 Å². The molecule has 1 amide bonds. The number of aromatic amines is 1. The van der Waals surface area contributed by atoms with E-state index >= 15 is 0 Å². The molecule has 0 bridgehead atoms. The maximum absolute atomic E-state index is 13.1. The minimum atomic E-state index is -3.73. The Balaban J connectivity index is 1.45. The summed E-state index contributed by atoms with van der Waals surface area (Å²) in [6, 6.07) is 9.59. The number of nitrogens with zero attached hydrogens (tertiary/aromatic N) is 2. The highest BCUT2D eigenvalue weighted by Crippen LogP contribution is 2.32. The number of aromatic nitrogens is 2. The number of thiophene rings is 1. The largest absolute Gasteiger partial charge is 0.467 e. The third kappa shape index (κ3) is 4.37. The Bertz CT molecular complexity index is 1160. The molecule has 158 valence electrons.